The summed E-state index contributed by atoms with van der Waals surface area (Å²) in [5, 5.41) is 2.74. The smallest absolute Gasteiger partial charge is 0.258 e. The van der Waals surface area contributed by atoms with Crippen LogP contribution in [0.3, 0.4) is 0 Å². The summed E-state index contributed by atoms with van der Waals surface area (Å²) in [6.45, 7) is 6.87. The van der Waals surface area contributed by atoms with Crippen molar-refractivity contribution in [1.82, 2.24) is 14.9 Å². The van der Waals surface area contributed by atoms with E-state index in [1.165, 1.54) is 22.5 Å². The number of amides is 1. The van der Waals surface area contributed by atoms with E-state index in [0.717, 1.165) is 12.1 Å². The maximum Gasteiger partial charge on any atom is 0.258 e. The topological polar surface area (TPSA) is 73.2 Å². The number of carbonyl (C=O) groups is 1. The fourth-order valence-electron chi connectivity index (χ4n) is 2.29. The lowest BCUT2D eigenvalue weighted by molar-refractivity contribution is -0.123. The van der Waals surface area contributed by atoms with Gasteiger partial charge >= 0.3 is 0 Å². The van der Waals surface area contributed by atoms with Crippen molar-refractivity contribution in [2.75, 3.05) is 13.2 Å². The van der Waals surface area contributed by atoms with Gasteiger partial charge in [-0.1, -0.05) is 32.9 Å². The van der Waals surface area contributed by atoms with Crippen LogP contribution in [0.1, 0.15) is 37.9 Å². The van der Waals surface area contributed by atoms with Crippen molar-refractivity contribution in [3.63, 3.8) is 0 Å². The molecule has 6 heteroatoms. The minimum Gasteiger partial charge on any atom is -0.484 e. The van der Waals surface area contributed by atoms with E-state index >= 15 is 0 Å². The Labute approximate surface area is 147 Å². The average Bonchev–Trinajstić information content (AvgIpc) is 2.61. The van der Waals surface area contributed by atoms with E-state index in [9.17, 15) is 9.59 Å². The third-order valence-electron chi connectivity index (χ3n) is 3.89. The van der Waals surface area contributed by atoms with Crippen LogP contribution < -0.4 is 15.6 Å². The summed E-state index contributed by atoms with van der Waals surface area (Å²) < 4.78 is 6.94. The highest BCUT2D eigenvalue weighted by Gasteiger charge is 2.05. The number of benzene rings is 1. The van der Waals surface area contributed by atoms with Crippen molar-refractivity contribution in [3.05, 3.63) is 58.3 Å². The van der Waals surface area contributed by atoms with E-state index < -0.39 is 0 Å². The van der Waals surface area contributed by atoms with Crippen LogP contribution in [0, 0.1) is 0 Å². The molecule has 0 atom stereocenters. The first kappa shape index (κ1) is 18.7. The summed E-state index contributed by atoms with van der Waals surface area (Å²) in [6.07, 6.45) is 2.24. The highest BCUT2D eigenvalue weighted by atomic mass is 16.5. The SMILES string of the molecule is CCc1cc(=O)n(CCNC(=O)COc2ccc(C(C)C)cc2)cn1. The zero-order valence-corrected chi connectivity index (χ0v) is 15.0. The molecule has 0 aliphatic carbocycles. The highest BCUT2D eigenvalue weighted by Crippen LogP contribution is 2.18. The number of nitrogens with zero attached hydrogens (tertiary/aromatic N) is 2. The number of rotatable bonds is 8. The lowest BCUT2D eigenvalue weighted by atomic mass is 10.0. The molecule has 0 aliphatic rings. The molecule has 0 fully saturated rings. The third kappa shape index (κ3) is 5.74. The molecule has 0 unspecified atom stereocenters. The number of aryl methyl sites for hydroxylation is 1. The Morgan fingerprint density at radius 3 is 2.60 bits per heavy atom. The van der Waals surface area contributed by atoms with Gasteiger partial charge in [-0.3, -0.25) is 14.2 Å². The van der Waals surface area contributed by atoms with Crippen LogP contribution in [-0.2, 0) is 17.8 Å². The molecule has 25 heavy (non-hydrogen) atoms. The van der Waals surface area contributed by atoms with E-state index in [1.54, 1.807) is 0 Å². The van der Waals surface area contributed by atoms with Gasteiger partial charge in [-0.05, 0) is 30.0 Å². The average molecular weight is 343 g/mol. The Hall–Kier alpha value is -2.63. The predicted molar refractivity (Wildman–Crippen MR) is 96.9 cm³/mol. The van der Waals surface area contributed by atoms with Crippen LogP contribution in [-0.4, -0.2) is 28.6 Å². The van der Waals surface area contributed by atoms with E-state index in [2.05, 4.69) is 24.1 Å². The van der Waals surface area contributed by atoms with Crippen molar-refractivity contribution < 1.29 is 9.53 Å². The monoisotopic (exact) mass is 343 g/mol. The normalized spacial score (nSPS) is 10.7. The summed E-state index contributed by atoms with van der Waals surface area (Å²) in [7, 11) is 0. The van der Waals surface area contributed by atoms with E-state index in [1.807, 2.05) is 31.2 Å². The van der Waals surface area contributed by atoms with Crippen LogP contribution in [0.2, 0.25) is 0 Å². The van der Waals surface area contributed by atoms with E-state index in [4.69, 9.17) is 4.74 Å². The molecule has 1 heterocycles. The molecular formula is C19H25N3O3. The zero-order valence-electron chi connectivity index (χ0n) is 15.0. The lowest BCUT2D eigenvalue weighted by Crippen LogP contribution is -2.33. The fraction of sp³-hybridized carbons (Fsp3) is 0.421. The van der Waals surface area contributed by atoms with Gasteiger partial charge in [0.2, 0.25) is 0 Å². The van der Waals surface area contributed by atoms with Gasteiger partial charge in [0.15, 0.2) is 6.61 Å². The Morgan fingerprint density at radius 2 is 2.00 bits per heavy atom. The minimum absolute atomic E-state index is 0.0526. The number of hydrogen-bond acceptors (Lipinski definition) is 4. The molecule has 0 aliphatic heterocycles. The molecule has 2 rings (SSSR count). The number of ether oxygens (including phenoxy) is 1. The molecule has 0 saturated heterocycles. The van der Waals surface area contributed by atoms with Crippen molar-refractivity contribution in [2.45, 2.75) is 39.7 Å². The molecule has 134 valence electrons. The number of nitrogens with one attached hydrogen (secondary N) is 1. The molecule has 1 aromatic carbocycles. The second-order valence-electron chi connectivity index (χ2n) is 6.13. The van der Waals surface area contributed by atoms with Gasteiger partial charge in [0.1, 0.15) is 5.75 Å². The summed E-state index contributed by atoms with van der Waals surface area (Å²) in [4.78, 5) is 27.9. The molecule has 1 aromatic heterocycles. The predicted octanol–water partition coefficient (Wildman–Crippen LogP) is 2.12. The van der Waals surface area contributed by atoms with E-state index in [0.29, 0.717) is 24.8 Å². The van der Waals surface area contributed by atoms with Crippen molar-refractivity contribution in [1.29, 1.82) is 0 Å². The van der Waals surface area contributed by atoms with Crippen LogP contribution in [0.25, 0.3) is 0 Å². The van der Waals surface area contributed by atoms with Crippen LogP contribution in [0.5, 0.6) is 5.75 Å². The van der Waals surface area contributed by atoms with Crippen LogP contribution in [0.15, 0.2) is 41.5 Å². The molecular weight excluding hydrogens is 318 g/mol. The summed E-state index contributed by atoms with van der Waals surface area (Å²) in [5.41, 5.74) is 1.88. The minimum atomic E-state index is -0.223. The maximum atomic E-state index is 11.8. The zero-order chi connectivity index (χ0) is 18.2. The second-order valence-corrected chi connectivity index (χ2v) is 6.13. The Morgan fingerprint density at radius 1 is 1.28 bits per heavy atom. The maximum absolute atomic E-state index is 11.8. The first-order valence-corrected chi connectivity index (χ1v) is 8.54. The standard InChI is InChI=1S/C19H25N3O3/c1-4-16-11-19(24)22(13-21-16)10-9-20-18(23)12-25-17-7-5-15(6-8-17)14(2)3/h5-8,11,13-14H,4,9-10,12H2,1-3H3,(H,20,23). The number of hydrogen-bond donors (Lipinski definition) is 1. The van der Waals surface area contributed by atoms with Crippen LogP contribution in [0.4, 0.5) is 0 Å². The first-order chi connectivity index (χ1) is 12.0. The Kier molecular flexibility index (Phi) is 6.74. The highest BCUT2D eigenvalue weighted by molar-refractivity contribution is 5.77. The molecule has 0 saturated carbocycles. The van der Waals surface area contributed by atoms with Gasteiger partial charge in [-0.25, -0.2) is 4.98 Å². The molecule has 2 aromatic rings. The van der Waals surface area contributed by atoms with Gasteiger partial charge in [0.05, 0.1) is 6.33 Å². The van der Waals surface area contributed by atoms with Crippen molar-refractivity contribution in [2.24, 2.45) is 0 Å². The quantitative estimate of drug-likeness (QED) is 0.797. The van der Waals surface area contributed by atoms with Crippen LogP contribution >= 0.6 is 0 Å². The van der Waals surface area contributed by atoms with Gasteiger partial charge in [0, 0.05) is 24.8 Å². The van der Waals surface area contributed by atoms with Crippen molar-refractivity contribution >= 4 is 5.91 Å². The largest absolute Gasteiger partial charge is 0.484 e. The molecule has 0 bridgehead atoms. The molecule has 6 nitrogen and oxygen atoms in total. The van der Waals surface area contributed by atoms with Crippen molar-refractivity contribution in [3.8, 4) is 5.75 Å². The second kappa shape index (κ2) is 9.01. The molecule has 0 radical (unpaired) electrons. The third-order valence-corrected chi connectivity index (χ3v) is 3.89. The molecule has 1 amide bonds. The van der Waals surface area contributed by atoms with Gasteiger partial charge in [-0.15, -0.1) is 0 Å². The number of carbonyl (C=O) groups excluding carboxylic acids is 1. The van der Waals surface area contributed by atoms with E-state index in [-0.39, 0.29) is 18.1 Å². The Balaban J connectivity index is 1.74. The van der Waals surface area contributed by atoms with Gasteiger partial charge < -0.3 is 10.1 Å². The summed E-state index contributed by atoms with van der Waals surface area (Å²) >= 11 is 0. The van der Waals surface area contributed by atoms with Gasteiger partial charge in [-0.2, -0.15) is 0 Å². The first-order valence-electron chi connectivity index (χ1n) is 8.54. The summed E-state index contributed by atoms with van der Waals surface area (Å²) in [5.74, 6) is 0.899. The summed E-state index contributed by atoms with van der Waals surface area (Å²) in [6, 6.07) is 9.24. The number of aromatic nitrogens is 2. The molecule has 1 N–H and O–H groups in total. The molecule has 0 spiro atoms. The Bertz CT molecular complexity index is 751. The lowest BCUT2D eigenvalue weighted by Gasteiger charge is -2.10. The van der Waals surface area contributed by atoms with Gasteiger partial charge in [0.25, 0.3) is 11.5 Å². The fourth-order valence-corrected chi connectivity index (χ4v) is 2.29.